The van der Waals surface area contributed by atoms with E-state index < -0.39 is 0 Å². The zero-order chi connectivity index (χ0) is 16.9. The molecular weight excluding hydrogens is 300 g/mol. The average Bonchev–Trinajstić information content (AvgIpc) is 2.62. The lowest BCUT2D eigenvalue weighted by Gasteiger charge is -2.25. The number of aromatic nitrogens is 2. The lowest BCUT2D eigenvalue weighted by atomic mass is 10.1. The Morgan fingerprint density at radius 2 is 1.88 bits per heavy atom. The van der Waals surface area contributed by atoms with E-state index in [0.717, 1.165) is 61.0 Å². The van der Waals surface area contributed by atoms with E-state index >= 15 is 0 Å². The predicted molar refractivity (Wildman–Crippen MR) is 97.6 cm³/mol. The van der Waals surface area contributed by atoms with Crippen LogP contribution in [0.25, 0.3) is 11.4 Å². The molecule has 0 spiro atoms. The average molecular weight is 326 g/mol. The van der Waals surface area contributed by atoms with Crippen molar-refractivity contribution < 1.29 is 4.74 Å². The number of ether oxygens (including phenoxy) is 1. The molecular formula is C19H26N4O. The summed E-state index contributed by atoms with van der Waals surface area (Å²) >= 11 is 0. The quantitative estimate of drug-likeness (QED) is 0.884. The Balaban J connectivity index is 1.92. The summed E-state index contributed by atoms with van der Waals surface area (Å²) in [5.41, 5.74) is 3.27. The number of nitrogens with zero attached hydrogens (tertiary/aromatic N) is 2. The van der Waals surface area contributed by atoms with Gasteiger partial charge < -0.3 is 15.4 Å². The molecule has 1 fully saturated rings. The predicted octanol–water partition coefficient (Wildman–Crippen LogP) is 3.19. The Labute approximate surface area is 143 Å². The molecule has 0 unspecified atom stereocenters. The minimum atomic E-state index is 0.481. The van der Waals surface area contributed by atoms with Crippen LogP contribution in [0.1, 0.15) is 31.0 Å². The molecule has 0 radical (unpaired) electrons. The van der Waals surface area contributed by atoms with Crippen LogP contribution >= 0.6 is 0 Å². The van der Waals surface area contributed by atoms with E-state index in [2.05, 4.69) is 24.5 Å². The highest BCUT2D eigenvalue weighted by Crippen LogP contribution is 2.25. The molecule has 3 rings (SSSR count). The molecule has 0 atom stereocenters. The molecule has 0 saturated carbocycles. The van der Waals surface area contributed by atoms with Gasteiger partial charge in [0.05, 0.1) is 7.11 Å². The van der Waals surface area contributed by atoms with E-state index in [0.29, 0.717) is 6.04 Å². The number of rotatable bonds is 5. The summed E-state index contributed by atoms with van der Waals surface area (Å²) in [6, 6.07) is 8.39. The van der Waals surface area contributed by atoms with Crippen molar-refractivity contribution >= 4 is 5.82 Å². The second-order valence-corrected chi connectivity index (χ2v) is 6.21. The first-order valence-corrected chi connectivity index (χ1v) is 8.70. The van der Waals surface area contributed by atoms with E-state index in [9.17, 15) is 0 Å². The number of methoxy groups -OCH3 is 1. The number of anilines is 1. The Bertz CT molecular complexity index is 679. The van der Waals surface area contributed by atoms with Crippen molar-refractivity contribution in [3.63, 3.8) is 0 Å². The molecule has 2 heterocycles. The van der Waals surface area contributed by atoms with Gasteiger partial charge in [-0.15, -0.1) is 0 Å². The van der Waals surface area contributed by atoms with Gasteiger partial charge in [0, 0.05) is 22.9 Å². The SMILES string of the molecule is CCc1c(C)nc(-c2ccc(OC)cc2)nc1NC1CCNCC1. The molecule has 1 aromatic carbocycles. The summed E-state index contributed by atoms with van der Waals surface area (Å²) < 4.78 is 5.23. The first-order valence-electron chi connectivity index (χ1n) is 8.70. The van der Waals surface area contributed by atoms with Crippen molar-refractivity contribution in [3.8, 4) is 17.1 Å². The van der Waals surface area contributed by atoms with Gasteiger partial charge in [-0.1, -0.05) is 6.92 Å². The minimum absolute atomic E-state index is 0.481. The standard InChI is InChI=1S/C19H26N4O/c1-4-17-13(2)21-18(14-5-7-16(24-3)8-6-14)23-19(17)22-15-9-11-20-12-10-15/h5-8,15,20H,4,9-12H2,1-3H3,(H,21,22,23). The fraction of sp³-hybridized carbons (Fsp3) is 0.474. The third kappa shape index (κ3) is 3.67. The summed E-state index contributed by atoms with van der Waals surface area (Å²) in [6.07, 6.45) is 3.19. The molecule has 0 amide bonds. The number of hydrogen-bond donors (Lipinski definition) is 2. The summed E-state index contributed by atoms with van der Waals surface area (Å²) in [7, 11) is 1.67. The van der Waals surface area contributed by atoms with Gasteiger partial charge in [0.2, 0.25) is 0 Å². The lowest BCUT2D eigenvalue weighted by Crippen LogP contribution is -2.35. The molecule has 1 aliphatic rings. The fourth-order valence-corrected chi connectivity index (χ4v) is 3.17. The van der Waals surface area contributed by atoms with Crippen LogP contribution in [-0.2, 0) is 6.42 Å². The van der Waals surface area contributed by atoms with Crippen LogP contribution in [0.2, 0.25) is 0 Å². The Morgan fingerprint density at radius 1 is 1.17 bits per heavy atom. The van der Waals surface area contributed by atoms with Gasteiger partial charge in [-0.3, -0.25) is 0 Å². The van der Waals surface area contributed by atoms with Crippen LogP contribution in [0.4, 0.5) is 5.82 Å². The molecule has 0 aliphatic carbocycles. The van der Waals surface area contributed by atoms with Crippen molar-refractivity contribution in [3.05, 3.63) is 35.5 Å². The maximum atomic E-state index is 5.23. The van der Waals surface area contributed by atoms with Crippen LogP contribution in [0.5, 0.6) is 5.75 Å². The van der Waals surface area contributed by atoms with E-state index in [4.69, 9.17) is 14.7 Å². The number of benzene rings is 1. The van der Waals surface area contributed by atoms with E-state index in [1.807, 2.05) is 24.3 Å². The molecule has 0 bridgehead atoms. The number of hydrogen-bond acceptors (Lipinski definition) is 5. The second-order valence-electron chi connectivity index (χ2n) is 6.21. The fourth-order valence-electron chi connectivity index (χ4n) is 3.17. The molecule has 1 saturated heterocycles. The lowest BCUT2D eigenvalue weighted by molar-refractivity contribution is 0.415. The van der Waals surface area contributed by atoms with Crippen molar-refractivity contribution in [2.45, 2.75) is 39.2 Å². The third-order valence-corrected chi connectivity index (χ3v) is 4.60. The van der Waals surface area contributed by atoms with Crippen molar-refractivity contribution in [2.24, 2.45) is 0 Å². The molecule has 2 aromatic rings. The maximum Gasteiger partial charge on any atom is 0.161 e. The summed E-state index contributed by atoms with van der Waals surface area (Å²) in [5.74, 6) is 2.60. The second kappa shape index (κ2) is 7.62. The maximum absolute atomic E-state index is 5.23. The normalized spacial score (nSPS) is 15.3. The number of nitrogens with one attached hydrogen (secondary N) is 2. The molecule has 24 heavy (non-hydrogen) atoms. The summed E-state index contributed by atoms with van der Waals surface area (Å²) in [6.45, 7) is 6.36. The zero-order valence-corrected chi connectivity index (χ0v) is 14.7. The Morgan fingerprint density at radius 3 is 2.50 bits per heavy atom. The van der Waals surface area contributed by atoms with Gasteiger partial charge in [-0.05, 0) is 63.5 Å². The molecule has 5 nitrogen and oxygen atoms in total. The van der Waals surface area contributed by atoms with E-state index in [-0.39, 0.29) is 0 Å². The molecule has 128 valence electrons. The highest BCUT2D eigenvalue weighted by atomic mass is 16.5. The zero-order valence-electron chi connectivity index (χ0n) is 14.7. The largest absolute Gasteiger partial charge is 0.497 e. The van der Waals surface area contributed by atoms with Gasteiger partial charge in [0.15, 0.2) is 5.82 Å². The molecule has 5 heteroatoms. The van der Waals surface area contributed by atoms with Crippen LogP contribution in [0.15, 0.2) is 24.3 Å². The highest BCUT2D eigenvalue weighted by Gasteiger charge is 2.17. The molecule has 2 N–H and O–H groups in total. The molecule has 1 aliphatic heterocycles. The van der Waals surface area contributed by atoms with Gasteiger partial charge in [0.25, 0.3) is 0 Å². The number of aryl methyl sites for hydroxylation is 1. The van der Waals surface area contributed by atoms with E-state index in [1.165, 1.54) is 5.56 Å². The van der Waals surface area contributed by atoms with Crippen molar-refractivity contribution in [1.82, 2.24) is 15.3 Å². The van der Waals surface area contributed by atoms with Gasteiger partial charge in [-0.2, -0.15) is 0 Å². The third-order valence-electron chi connectivity index (χ3n) is 4.60. The summed E-state index contributed by atoms with van der Waals surface area (Å²) in [4.78, 5) is 9.56. The Hall–Kier alpha value is -2.14. The van der Waals surface area contributed by atoms with Crippen molar-refractivity contribution in [1.29, 1.82) is 0 Å². The first kappa shape index (κ1) is 16.7. The van der Waals surface area contributed by atoms with Crippen LogP contribution in [-0.4, -0.2) is 36.2 Å². The number of piperidine rings is 1. The monoisotopic (exact) mass is 326 g/mol. The van der Waals surface area contributed by atoms with Gasteiger partial charge in [0.1, 0.15) is 11.6 Å². The Kier molecular flexibility index (Phi) is 5.30. The van der Waals surface area contributed by atoms with Gasteiger partial charge >= 0.3 is 0 Å². The van der Waals surface area contributed by atoms with E-state index in [1.54, 1.807) is 7.11 Å². The van der Waals surface area contributed by atoms with Crippen molar-refractivity contribution in [2.75, 3.05) is 25.5 Å². The molecule has 1 aromatic heterocycles. The van der Waals surface area contributed by atoms with Crippen LogP contribution in [0, 0.1) is 6.92 Å². The topological polar surface area (TPSA) is 59.1 Å². The first-order chi connectivity index (χ1) is 11.7. The highest BCUT2D eigenvalue weighted by molar-refractivity contribution is 5.61. The van der Waals surface area contributed by atoms with Crippen LogP contribution < -0.4 is 15.4 Å². The summed E-state index contributed by atoms with van der Waals surface area (Å²) in [5, 5.41) is 7.06. The van der Waals surface area contributed by atoms with Crippen LogP contribution in [0.3, 0.4) is 0 Å². The smallest absolute Gasteiger partial charge is 0.161 e. The van der Waals surface area contributed by atoms with Gasteiger partial charge in [-0.25, -0.2) is 9.97 Å². The minimum Gasteiger partial charge on any atom is -0.497 e.